The Morgan fingerprint density at radius 3 is 2.57 bits per heavy atom. The topological polar surface area (TPSA) is 85.1 Å². The van der Waals surface area contributed by atoms with Gasteiger partial charge in [0.1, 0.15) is 0 Å². The van der Waals surface area contributed by atoms with Gasteiger partial charge in [-0.3, -0.25) is 0 Å². The summed E-state index contributed by atoms with van der Waals surface area (Å²) in [7, 11) is -3.18. The van der Waals surface area contributed by atoms with Crippen LogP contribution >= 0.6 is 12.4 Å². The van der Waals surface area contributed by atoms with Crippen LogP contribution in [0.2, 0.25) is 0 Å². The number of nitrogens with one attached hydrogen (secondary N) is 1. The molecule has 0 radical (unpaired) electrons. The molecule has 1 N–H and O–H groups in total. The molecule has 1 aromatic heterocycles. The molecule has 3 rings (SSSR count). The summed E-state index contributed by atoms with van der Waals surface area (Å²) < 4.78 is 28.1. The van der Waals surface area contributed by atoms with Crippen molar-refractivity contribution in [1.29, 1.82) is 0 Å². The van der Waals surface area contributed by atoms with E-state index in [0.717, 1.165) is 24.9 Å². The van der Waals surface area contributed by atoms with E-state index in [1.54, 1.807) is 24.3 Å². The van der Waals surface area contributed by atoms with Gasteiger partial charge in [-0.25, -0.2) is 8.42 Å². The lowest BCUT2D eigenvalue weighted by molar-refractivity contribution is 0.345. The molecule has 0 bridgehead atoms. The first-order valence-electron chi connectivity index (χ1n) is 6.41. The van der Waals surface area contributed by atoms with Gasteiger partial charge in [-0.05, 0) is 43.7 Å². The molecule has 1 aromatic carbocycles. The molecule has 1 fully saturated rings. The third kappa shape index (κ3) is 3.42. The minimum atomic E-state index is -3.18. The number of sulfone groups is 1. The normalized spacial score (nSPS) is 18.4. The van der Waals surface area contributed by atoms with Crippen LogP contribution in [0, 0.1) is 0 Å². The molecule has 8 heteroatoms. The Bertz CT molecular complexity index is 707. The highest BCUT2D eigenvalue weighted by Gasteiger charge is 2.22. The predicted octanol–water partition coefficient (Wildman–Crippen LogP) is 1.99. The van der Waals surface area contributed by atoms with E-state index in [4.69, 9.17) is 4.52 Å². The molecular formula is C13H16ClN3O3S. The van der Waals surface area contributed by atoms with Crippen molar-refractivity contribution in [1.82, 2.24) is 15.5 Å². The van der Waals surface area contributed by atoms with Crippen LogP contribution < -0.4 is 5.32 Å². The highest BCUT2D eigenvalue weighted by atomic mass is 35.5. The zero-order valence-electron chi connectivity index (χ0n) is 11.4. The summed E-state index contributed by atoms with van der Waals surface area (Å²) in [6.07, 6.45) is 3.28. The summed E-state index contributed by atoms with van der Waals surface area (Å²) >= 11 is 0. The van der Waals surface area contributed by atoms with Gasteiger partial charge in [0, 0.05) is 11.8 Å². The molecule has 0 saturated carbocycles. The summed E-state index contributed by atoms with van der Waals surface area (Å²) in [6.45, 7) is 0.964. The van der Waals surface area contributed by atoms with Crippen LogP contribution in [0.3, 0.4) is 0 Å². The average molecular weight is 330 g/mol. The molecular weight excluding hydrogens is 314 g/mol. The second kappa shape index (κ2) is 6.13. The number of hydrogen-bond donors (Lipinski definition) is 1. The van der Waals surface area contributed by atoms with E-state index in [9.17, 15) is 8.42 Å². The zero-order valence-corrected chi connectivity index (χ0v) is 13.1. The van der Waals surface area contributed by atoms with Crippen molar-refractivity contribution in [2.24, 2.45) is 0 Å². The standard InChI is InChI=1S/C13H15N3O3S.ClH/c1-20(17,18)10-6-4-9(5-7-10)12-15-13(19-16-12)11-3-2-8-14-11;/h4-7,11,14H,2-3,8H2,1H3;1H/t11-;/m0./s1. The summed E-state index contributed by atoms with van der Waals surface area (Å²) in [5.74, 6) is 1.07. The van der Waals surface area contributed by atoms with Crippen molar-refractivity contribution in [2.75, 3.05) is 12.8 Å². The highest BCUT2D eigenvalue weighted by Crippen LogP contribution is 2.24. The molecule has 0 amide bonds. The Balaban J connectivity index is 0.00000161. The van der Waals surface area contributed by atoms with E-state index in [2.05, 4.69) is 15.5 Å². The van der Waals surface area contributed by atoms with Gasteiger partial charge in [0.25, 0.3) is 0 Å². The number of nitrogens with zero attached hydrogens (tertiary/aromatic N) is 2. The summed E-state index contributed by atoms with van der Waals surface area (Å²) in [4.78, 5) is 4.64. The lowest BCUT2D eigenvalue weighted by atomic mass is 10.2. The van der Waals surface area contributed by atoms with Crippen molar-refractivity contribution < 1.29 is 12.9 Å². The van der Waals surface area contributed by atoms with E-state index in [1.165, 1.54) is 6.26 Å². The minimum Gasteiger partial charge on any atom is -0.337 e. The number of halogens is 1. The molecule has 2 aromatic rings. The maximum atomic E-state index is 11.4. The maximum absolute atomic E-state index is 11.4. The first kappa shape index (κ1) is 15.9. The smallest absolute Gasteiger partial charge is 0.244 e. The monoisotopic (exact) mass is 329 g/mol. The van der Waals surface area contributed by atoms with Crippen LogP contribution in [0.15, 0.2) is 33.7 Å². The Morgan fingerprint density at radius 1 is 1.29 bits per heavy atom. The lowest BCUT2D eigenvalue weighted by Gasteiger charge is -2.01. The molecule has 0 spiro atoms. The summed E-state index contributed by atoms with van der Waals surface area (Å²) in [5.41, 5.74) is 0.741. The van der Waals surface area contributed by atoms with E-state index < -0.39 is 9.84 Å². The first-order chi connectivity index (χ1) is 9.54. The van der Waals surface area contributed by atoms with Gasteiger partial charge < -0.3 is 9.84 Å². The van der Waals surface area contributed by atoms with Gasteiger partial charge in [-0.15, -0.1) is 12.4 Å². The van der Waals surface area contributed by atoms with Crippen LogP contribution in [-0.2, 0) is 9.84 Å². The first-order valence-corrected chi connectivity index (χ1v) is 8.31. The number of aromatic nitrogens is 2. The average Bonchev–Trinajstić information content (AvgIpc) is 3.09. The van der Waals surface area contributed by atoms with E-state index in [0.29, 0.717) is 11.7 Å². The van der Waals surface area contributed by atoms with Crippen LogP contribution in [0.1, 0.15) is 24.8 Å². The number of hydrogen-bond acceptors (Lipinski definition) is 6. The van der Waals surface area contributed by atoms with Crippen molar-refractivity contribution >= 4 is 22.2 Å². The Kier molecular flexibility index (Phi) is 4.65. The van der Waals surface area contributed by atoms with Gasteiger partial charge in [0.15, 0.2) is 9.84 Å². The van der Waals surface area contributed by atoms with Gasteiger partial charge in [0.2, 0.25) is 11.7 Å². The Morgan fingerprint density at radius 2 is 2.00 bits per heavy atom. The van der Waals surface area contributed by atoms with Crippen LogP contribution in [0.25, 0.3) is 11.4 Å². The SMILES string of the molecule is CS(=O)(=O)c1ccc(-c2noc([C@@H]3CCCN3)n2)cc1.Cl. The largest absolute Gasteiger partial charge is 0.337 e. The predicted molar refractivity (Wildman–Crippen MR) is 80.1 cm³/mol. The van der Waals surface area contributed by atoms with Crippen molar-refractivity contribution in [3.05, 3.63) is 30.2 Å². The second-order valence-corrected chi connectivity index (χ2v) is 6.92. The lowest BCUT2D eigenvalue weighted by Crippen LogP contribution is -2.12. The molecule has 1 aliphatic rings. The molecule has 114 valence electrons. The van der Waals surface area contributed by atoms with E-state index in [-0.39, 0.29) is 23.3 Å². The van der Waals surface area contributed by atoms with Crippen molar-refractivity contribution in [3.8, 4) is 11.4 Å². The van der Waals surface area contributed by atoms with Crippen LogP contribution in [-0.4, -0.2) is 31.4 Å². The molecule has 6 nitrogen and oxygen atoms in total. The fourth-order valence-electron chi connectivity index (χ4n) is 2.24. The zero-order chi connectivity index (χ0) is 14.2. The van der Waals surface area contributed by atoms with Crippen LogP contribution in [0.5, 0.6) is 0 Å². The second-order valence-electron chi connectivity index (χ2n) is 4.90. The van der Waals surface area contributed by atoms with Gasteiger partial charge in [0.05, 0.1) is 10.9 Å². The molecule has 1 atom stereocenters. The molecule has 21 heavy (non-hydrogen) atoms. The fraction of sp³-hybridized carbons (Fsp3) is 0.385. The molecule has 2 heterocycles. The number of benzene rings is 1. The Hall–Kier alpha value is -1.44. The van der Waals surface area contributed by atoms with Gasteiger partial charge in [-0.1, -0.05) is 5.16 Å². The van der Waals surface area contributed by atoms with Gasteiger partial charge >= 0.3 is 0 Å². The maximum Gasteiger partial charge on any atom is 0.244 e. The molecule has 1 saturated heterocycles. The fourth-order valence-corrected chi connectivity index (χ4v) is 2.87. The molecule has 0 unspecified atom stereocenters. The van der Waals surface area contributed by atoms with Crippen LogP contribution in [0.4, 0.5) is 0 Å². The number of rotatable bonds is 3. The van der Waals surface area contributed by atoms with E-state index >= 15 is 0 Å². The van der Waals surface area contributed by atoms with Crippen molar-refractivity contribution in [2.45, 2.75) is 23.8 Å². The highest BCUT2D eigenvalue weighted by molar-refractivity contribution is 7.90. The molecule has 0 aliphatic carbocycles. The third-order valence-electron chi connectivity index (χ3n) is 3.34. The minimum absolute atomic E-state index is 0. The summed E-state index contributed by atoms with van der Waals surface area (Å²) in [5, 5.41) is 7.24. The quantitative estimate of drug-likeness (QED) is 0.926. The summed E-state index contributed by atoms with van der Waals surface area (Å²) in [6, 6.07) is 6.61. The Labute approximate surface area is 129 Å². The third-order valence-corrected chi connectivity index (χ3v) is 4.47. The van der Waals surface area contributed by atoms with E-state index in [1.807, 2.05) is 0 Å². The van der Waals surface area contributed by atoms with Crippen molar-refractivity contribution in [3.63, 3.8) is 0 Å². The van der Waals surface area contributed by atoms with Gasteiger partial charge in [-0.2, -0.15) is 4.98 Å². The molecule has 1 aliphatic heterocycles.